The summed E-state index contributed by atoms with van der Waals surface area (Å²) in [7, 11) is 2.13. The third-order valence-corrected chi connectivity index (χ3v) is 3.79. The lowest BCUT2D eigenvalue weighted by Gasteiger charge is -2.33. The number of carbonyl (C=O) groups is 1. The molecule has 0 aliphatic heterocycles. The van der Waals surface area contributed by atoms with Crippen molar-refractivity contribution in [1.82, 2.24) is 10.6 Å². The fraction of sp³-hybridized carbons (Fsp3) is 0.565. The van der Waals surface area contributed by atoms with Crippen LogP contribution >= 0.6 is 0 Å². The lowest BCUT2D eigenvalue weighted by atomic mass is 9.85. The Morgan fingerprint density at radius 3 is 2.17 bits per heavy atom. The molecule has 5 nitrogen and oxygen atoms in total. The van der Waals surface area contributed by atoms with E-state index in [1.165, 1.54) is 12.1 Å². The Bertz CT molecular complexity index is 696. The van der Waals surface area contributed by atoms with Gasteiger partial charge in [0.05, 0.1) is 19.3 Å². The highest BCUT2D eigenvalue weighted by Gasteiger charge is 2.32. The molecule has 30 heavy (non-hydrogen) atoms. The average Bonchev–Trinajstić information content (AvgIpc) is 2.68. The highest BCUT2D eigenvalue weighted by molar-refractivity contribution is 5.96. The van der Waals surface area contributed by atoms with E-state index in [9.17, 15) is 13.6 Å². The van der Waals surface area contributed by atoms with E-state index in [4.69, 9.17) is 4.74 Å². The number of amides is 1. The van der Waals surface area contributed by atoms with Crippen LogP contribution in [0.15, 0.2) is 29.8 Å². The fourth-order valence-electron chi connectivity index (χ4n) is 2.46. The van der Waals surface area contributed by atoms with E-state index in [1.807, 2.05) is 41.5 Å². The molecule has 0 spiro atoms. The van der Waals surface area contributed by atoms with Crippen LogP contribution in [0.3, 0.4) is 0 Å². The Balaban J connectivity index is 0. The maximum Gasteiger partial charge on any atom is 0.407 e. The van der Waals surface area contributed by atoms with Crippen LogP contribution in [0.5, 0.6) is 0 Å². The minimum absolute atomic E-state index is 0.226. The summed E-state index contributed by atoms with van der Waals surface area (Å²) in [5.41, 5.74) is 1.72. The first-order chi connectivity index (χ1) is 14.0. The molecule has 172 valence electrons. The topological polar surface area (TPSA) is 62.7 Å². The quantitative estimate of drug-likeness (QED) is 0.455. The highest BCUT2D eigenvalue weighted by Crippen LogP contribution is 2.22. The molecular weight excluding hydrogens is 388 g/mol. The molecule has 7 heteroatoms. The minimum atomic E-state index is -0.518. The number of rotatable bonds is 5. The summed E-state index contributed by atoms with van der Waals surface area (Å²) in [5.74, 6) is 0.182. The van der Waals surface area contributed by atoms with Crippen LogP contribution in [-0.2, 0) is 4.74 Å². The predicted molar refractivity (Wildman–Crippen MR) is 123 cm³/mol. The van der Waals surface area contributed by atoms with Gasteiger partial charge >= 0.3 is 6.09 Å². The van der Waals surface area contributed by atoms with Gasteiger partial charge < -0.3 is 15.4 Å². The molecule has 0 bridgehead atoms. The summed E-state index contributed by atoms with van der Waals surface area (Å²) in [6.45, 7) is 19.4. The number of benzene rings is 1. The Morgan fingerprint density at radius 2 is 1.73 bits per heavy atom. The van der Waals surface area contributed by atoms with Gasteiger partial charge in [0.25, 0.3) is 0 Å². The van der Waals surface area contributed by atoms with Crippen molar-refractivity contribution in [2.75, 3.05) is 14.2 Å². The van der Waals surface area contributed by atoms with Crippen LogP contribution in [0.1, 0.15) is 59.6 Å². The van der Waals surface area contributed by atoms with Crippen molar-refractivity contribution in [2.45, 2.75) is 67.5 Å². The summed E-state index contributed by atoms with van der Waals surface area (Å²) < 4.78 is 28.3. The second-order valence-corrected chi connectivity index (χ2v) is 7.57. The van der Waals surface area contributed by atoms with Gasteiger partial charge in [0.2, 0.25) is 0 Å². The number of alkyl carbamates (subject to hydrolysis) is 1. The fourth-order valence-corrected chi connectivity index (χ4v) is 2.46. The van der Waals surface area contributed by atoms with Gasteiger partial charge in [-0.15, -0.1) is 0 Å². The number of halogens is 2. The Kier molecular flexibility index (Phi) is 14.4. The summed E-state index contributed by atoms with van der Waals surface area (Å²) in [4.78, 5) is 16.4. The summed E-state index contributed by atoms with van der Waals surface area (Å²) in [6, 6.07) is 4.08. The Morgan fingerprint density at radius 1 is 1.20 bits per heavy atom. The van der Waals surface area contributed by atoms with Gasteiger partial charge in [0, 0.05) is 18.3 Å². The number of carbonyl (C=O) groups excluding carboxylic acids is 1. The number of nitrogens with one attached hydrogen (secondary N) is 2. The van der Waals surface area contributed by atoms with Gasteiger partial charge in [0.15, 0.2) is 0 Å². The smallest absolute Gasteiger partial charge is 0.407 e. The Hall–Kier alpha value is -2.44. The van der Waals surface area contributed by atoms with E-state index < -0.39 is 12.1 Å². The third-order valence-electron chi connectivity index (χ3n) is 3.79. The van der Waals surface area contributed by atoms with Crippen LogP contribution in [0.4, 0.5) is 13.6 Å². The van der Waals surface area contributed by atoms with E-state index in [2.05, 4.69) is 22.2 Å². The van der Waals surface area contributed by atoms with Crippen LogP contribution in [0, 0.1) is 18.2 Å². The highest BCUT2D eigenvalue weighted by atomic mass is 19.1. The predicted octanol–water partition coefficient (Wildman–Crippen LogP) is 5.88. The Labute approximate surface area is 181 Å². The van der Waals surface area contributed by atoms with E-state index >= 15 is 0 Å². The number of hydrogen-bond donors (Lipinski definition) is 2. The van der Waals surface area contributed by atoms with Crippen LogP contribution in [0.25, 0.3) is 5.70 Å². The molecule has 0 radical (unpaired) electrons. The van der Waals surface area contributed by atoms with E-state index in [0.717, 1.165) is 5.56 Å². The second-order valence-electron chi connectivity index (χ2n) is 7.57. The van der Waals surface area contributed by atoms with Crippen LogP contribution < -0.4 is 10.6 Å². The lowest BCUT2D eigenvalue weighted by molar-refractivity contribution is 0.109. The van der Waals surface area contributed by atoms with E-state index in [1.54, 1.807) is 27.0 Å². The molecule has 1 atom stereocenters. The molecule has 2 N–H and O–H groups in total. The van der Waals surface area contributed by atoms with Gasteiger partial charge in [-0.05, 0) is 43.9 Å². The summed E-state index contributed by atoms with van der Waals surface area (Å²) >= 11 is 0. The molecule has 0 saturated heterocycles. The summed E-state index contributed by atoms with van der Waals surface area (Å²) in [6.07, 6.45) is -0.745. The SMILES string of the molecule is C=C(NC(=NC)C(NC(=O)OC(C)C)C(C)(C)C)c1cc(F)ccc1C.CC.CF. The molecule has 1 unspecified atom stereocenters. The number of aryl methyl sites for hydroxylation is 1. The molecule has 1 aromatic rings. The number of alkyl halides is 1. The lowest BCUT2D eigenvalue weighted by Crippen LogP contribution is -2.53. The average molecular weight is 428 g/mol. The summed E-state index contributed by atoms with van der Waals surface area (Å²) in [5, 5.41) is 5.99. The zero-order chi connectivity index (χ0) is 24.1. The zero-order valence-corrected chi connectivity index (χ0v) is 20.1. The molecule has 0 fully saturated rings. The molecule has 0 aliphatic rings. The van der Waals surface area contributed by atoms with Gasteiger partial charge in [-0.2, -0.15) is 0 Å². The van der Waals surface area contributed by atoms with Gasteiger partial charge in [0.1, 0.15) is 11.7 Å². The van der Waals surface area contributed by atoms with E-state index in [0.29, 0.717) is 24.3 Å². The maximum atomic E-state index is 13.6. The van der Waals surface area contributed by atoms with Crippen molar-refractivity contribution < 1.29 is 18.3 Å². The van der Waals surface area contributed by atoms with Crippen molar-refractivity contribution >= 4 is 17.6 Å². The molecule has 1 rings (SSSR count). The number of aliphatic imine (C=N–C) groups is 1. The maximum absolute atomic E-state index is 13.6. The first-order valence-corrected chi connectivity index (χ1v) is 9.99. The standard InChI is InChI=1S/C20H30FN3O2.C2H6.CH3F/c1-12(2)26-19(25)24-17(20(5,6)7)18(22-8)23-14(4)16-11-15(21)10-9-13(16)3;2*1-2/h9-12,17H,4H2,1-3,5-8H3,(H,22,23)(H,24,25);1-2H3;1H3. The number of hydrogen-bond acceptors (Lipinski definition) is 3. The third kappa shape index (κ3) is 10.4. The van der Waals surface area contributed by atoms with Crippen molar-refractivity contribution in [3.05, 3.63) is 41.7 Å². The molecule has 0 aliphatic carbocycles. The monoisotopic (exact) mass is 427 g/mol. The molecule has 0 heterocycles. The number of nitrogens with zero attached hydrogens (tertiary/aromatic N) is 1. The first kappa shape index (κ1) is 29.8. The number of amidine groups is 1. The first-order valence-electron chi connectivity index (χ1n) is 9.99. The van der Waals surface area contributed by atoms with Crippen molar-refractivity contribution in [1.29, 1.82) is 0 Å². The zero-order valence-electron chi connectivity index (χ0n) is 20.1. The largest absolute Gasteiger partial charge is 0.447 e. The molecule has 1 aromatic carbocycles. The second kappa shape index (κ2) is 14.5. The van der Waals surface area contributed by atoms with Crippen LogP contribution in [0.2, 0.25) is 0 Å². The van der Waals surface area contributed by atoms with Gasteiger partial charge in [-0.1, -0.05) is 47.3 Å². The van der Waals surface area contributed by atoms with E-state index in [-0.39, 0.29) is 17.3 Å². The van der Waals surface area contributed by atoms with Crippen molar-refractivity contribution in [3.63, 3.8) is 0 Å². The molecule has 0 saturated carbocycles. The molecule has 1 amide bonds. The van der Waals surface area contributed by atoms with Crippen molar-refractivity contribution in [2.24, 2.45) is 10.4 Å². The van der Waals surface area contributed by atoms with Gasteiger partial charge in [-0.25, -0.2) is 9.18 Å². The molecular formula is C23H39F2N3O2. The number of ether oxygens (including phenoxy) is 1. The van der Waals surface area contributed by atoms with Crippen LogP contribution in [-0.4, -0.2) is 38.3 Å². The minimum Gasteiger partial charge on any atom is -0.447 e. The molecule has 0 aromatic heterocycles. The normalized spacial score (nSPS) is 12.0. The van der Waals surface area contributed by atoms with Crippen molar-refractivity contribution in [3.8, 4) is 0 Å². The van der Waals surface area contributed by atoms with Gasteiger partial charge in [-0.3, -0.25) is 9.38 Å².